The van der Waals surface area contributed by atoms with Crippen molar-refractivity contribution in [3.8, 4) is 0 Å². The summed E-state index contributed by atoms with van der Waals surface area (Å²) in [6.45, 7) is 0.789. The van der Waals surface area contributed by atoms with Gasteiger partial charge in [-0.3, -0.25) is 4.79 Å². The van der Waals surface area contributed by atoms with Crippen molar-refractivity contribution < 1.29 is 4.79 Å². The van der Waals surface area contributed by atoms with E-state index in [0.717, 1.165) is 33.9 Å². The van der Waals surface area contributed by atoms with Crippen molar-refractivity contribution in [2.45, 2.75) is 43.1 Å². The maximum absolute atomic E-state index is 11.8. The van der Waals surface area contributed by atoms with Crippen molar-refractivity contribution in [2.24, 2.45) is 0 Å². The molecule has 5 heteroatoms. The van der Waals surface area contributed by atoms with Gasteiger partial charge in [-0.15, -0.1) is 11.8 Å². The Labute approximate surface area is 147 Å². The highest BCUT2D eigenvalue weighted by molar-refractivity contribution is 8.00. The van der Waals surface area contributed by atoms with Crippen molar-refractivity contribution in [1.82, 2.24) is 5.32 Å². The van der Waals surface area contributed by atoms with Gasteiger partial charge < -0.3 is 5.32 Å². The molecule has 0 unspecified atom stereocenters. The Morgan fingerprint density at radius 3 is 2.86 bits per heavy atom. The molecule has 1 aromatic rings. The van der Waals surface area contributed by atoms with E-state index in [9.17, 15) is 4.79 Å². The molecule has 122 valence electrons. The van der Waals surface area contributed by atoms with Crippen molar-refractivity contribution in [3.05, 3.63) is 34.9 Å². The van der Waals surface area contributed by atoms with Crippen molar-refractivity contribution in [3.63, 3.8) is 0 Å². The highest BCUT2D eigenvalue weighted by Gasteiger charge is 2.13. The molecule has 0 saturated heterocycles. The Balaban J connectivity index is 1.50. The molecule has 0 spiro atoms. The van der Waals surface area contributed by atoms with E-state index >= 15 is 0 Å². The van der Waals surface area contributed by atoms with Gasteiger partial charge in [-0.25, -0.2) is 0 Å². The second-order valence-corrected chi connectivity index (χ2v) is 8.43. The largest absolute Gasteiger partial charge is 0.355 e. The van der Waals surface area contributed by atoms with Crippen LogP contribution in [0.2, 0.25) is 5.02 Å². The van der Waals surface area contributed by atoms with Crippen LogP contribution in [0.1, 0.15) is 37.7 Å². The number of carbonyl (C=O) groups is 1. The molecule has 1 aliphatic carbocycles. The minimum atomic E-state index is 0.135. The van der Waals surface area contributed by atoms with Crippen LogP contribution >= 0.6 is 35.1 Å². The molecule has 22 heavy (non-hydrogen) atoms. The third kappa shape index (κ3) is 7.30. The number of rotatable bonds is 8. The molecule has 0 aromatic heterocycles. The fraction of sp³-hybridized carbons (Fsp3) is 0.588. The molecule has 1 aromatic carbocycles. The van der Waals surface area contributed by atoms with E-state index in [4.69, 9.17) is 11.6 Å². The lowest BCUT2D eigenvalue weighted by Gasteiger charge is -2.20. The molecule has 0 heterocycles. The summed E-state index contributed by atoms with van der Waals surface area (Å²) in [6.07, 6.45) is 6.87. The third-order valence-corrected chi connectivity index (χ3v) is 6.34. The molecule has 0 atom stereocenters. The van der Waals surface area contributed by atoms with Crippen LogP contribution in [0.25, 0.3) is 0 Å². The first-order chi connectivity index (χ1) is 10.7. The first-order valence-electron chi connectivity index (χ1n) is 7.94. The van der Waals surface area contributed by atoms with Crippen LogP contribution in [0.3, 0.4) is 0 Å². The van der Waals surface area contributed by atoms with E-state index in [0.29, 0.717) is 5.75 Å². The second kappa shape index (κ2) is 10.5. The summed E-state index contributed by atoms with van der Waals surface area (Å²) < 4.78 is 0. The molecule has 1 amide bonds. The summed E-state index contributed by atoms with van der Waals surface area (Å²) in [5, 5.41) is 4.59. The molecule has 0 aliphatic heterocycles. The number of benzene rings is 1. The minimum absolute atomic E-state index is 0.135. The minimum Gasteiger partial charge on any atom is -0.355 e. The van der Waals surface area contributed by atoms with E-state index in [2.05, 4.69) is 5.32 Å². The number of halogens is 1. The Bertz CT molecular complexity index is 464. The molecular weight excluding hydrogens is 334 g/mol. The van der Waals surface area contributed by atoms with Gasteiger partial charge in [0.05, 0.1) is 5.75 Å². The lowest BCUT2D eigenvalue weighted by Crippen LogP contribution is -2.28. The highest BCUT2D eigenvalue weighted by Crippen LogP contribution is 2.27. The van der Waals surface area contributed by atoms with Gasteiger partial charge in [0.15, 0.2) is 0 Å². The zero-order chi connectivity index (χ0) is 15.6. The third-order valence-electron chi connectivity index (χ3n) is 3.72. The van der Waals surface area contributed by atoms with E-state index in [1.54, 1.807) is 11.8 Å². The molecule has 1 N–H and O–H groups in total. The molecule has 1 fully saturated rings. The summed E-state index contributed by atoms with van der Waals surface area (Å²) in [5.74, 6) is 2.51. The zero-order valence-corrected chi connectivity index (χ0v) is 15.2. The lowest BCUT2D eigenvalue weighted by atomic mass is 10.0. The molecular formula is C17H24ClNOS2. The number of thioether (sulfide) groups is 2. The fourth-order valence-corrected chi connectivity index (χ4v) is 4.82. The maximum atomic E-state index is 11.8. The first-order valence-corrected chi connectivity index (χ1v) is 10.5. The van der Waals surface area contributed by atoms with Crippen LogP contribution in [-0.4, -0.2) is 29.2 Å². The van der Waals surface area contributed by atoms with Crippen LogP contribution in [0.4, 0.5) is 0 Å². The maximum Gasteiger partial charge on any atom is 0.230 e. The Hall–Kier alpha value is -0.320. The summed E-state index contributed by atoms with van der Waals surface area (Å²) in [5.41, 5.74) is 1.16. The van der Waals surface area contributed by atoms with Gasteiger partial charge in [-0.1, -0.05) is 43.0 Å². The van der Waals surface area contributed by atoms with Crippen LogP contribution in [0.15, 0.2) is 24.3 Å². The lowest BCUT2D eigenvalue weighted by molar-refractivity contribution is -0.118. The van der Waals surface area contributed by atoms with Gasteiger partial charge in [0, 0.05) is 28.3 Å². The normalized spacial score (nSPS) is 15.7. The van der Waals surface area contributed by atoms with E-state index < -0.39 is 0 Å². The quantitative estimate of drug-likeness (QED) is 0.680. The standard InChI is InChI=1S/C17H24ClNOS2/c18-15-6-4-5-14(11-15)12-21-13-17(20)19-9-10-22-16-7-2-1-3-8-16/h4-6,11,16H,1-3,7-10,12-13H2,(H,19,20). The average molecular weight is 358 g/mol. The van der Waals surface area contributed by atoms with Gasteiger partial charge >= 0.3 is 0 Å². The van der Waals surface area contributed by atoms with E-state index in [1.165, 1.54) is 32.1 Å². The number of carbonyl (C=O) groups excluding carboxylic acids is 1. The van der Waals surface area contributed by atoms with Crippen LogP contribution in [-0.2, 0) is 10.5 Å². The Kier molecular flexibility index (Phi) is 8.56. The summed E-state index contributed by atoms with van der Waals surface area (Å²) in [7, 11) is 0. The van der Waals surface area contributed by atoms with Crippen LogP contribution in [0, 0.1) is 0 Å². The summed E-state index contributed by atoms with van der Waals surface area (Å²) in [6, 6.07) is 7.80. The highest BCUT2D eigenvalue weighted by atomic mass is 35.5. The molecule has 1 aliphatic rings. The fourth-order valence-electron chi connectivity index (χ4n) is 2.59. The van der Waals surface area contributed by atoms with Crippen LogP contribution < -0.4 is 5.32 Å². The predicted octanol–water partition coefficient (Wildman–Crippen LogP) is 4.76. The molecule has 0 bridgehead atoms. The van der Waals surface area contributed by atoms with E-state index in [1.807, 2.05) is 36.0 Å². The SMILES string of the molecule is O=C(CSCc1cccc(Cl)c1)NCCSC1CCCCC1. The molecule has 0 radical (unpaired) electrons. The van der Waals surface area contributed by atoms with Crippen molar-refractivity contribution >= 4 is 41.0 Å². The van der Waals surface area contributed by atoms with Crippen molar-refractivity contribution in [1.29, 1.82) is 0 Å². The average Bonchev–Trinajstić information content (AvgIpc) is 2.53. The molecule has 2 rings (SSSR count). The number of hydrogen-bond acceptors (Lipinski definition) is 3. The smallest absolute Gasteiger partial charge is 0.230 e. The number of nitrogens with one attached hydrogen (secondary N) is 1. The van der Waals surface area contributed by atoms with Gasteiger partial charge in [0.1, 0.15) is 0 Å². The van der Waals surface area contributed by atoms with Gasteiger partial charge in [0.25, 0.3) is 0 Å². The topological polar surface area (TPSA) is 29.1 Å². The van der Waals surface area contributed by atoms with Crippen molar-refractivity contribution in [2.75, 3.05) is 18.1 Å². The number of hydrogen-bond donors (Lipinski definition) is 1. The second-order valence-electron chi connectivity index (χ2n) is 5.60. The monoisotopic (exact) mass is 357 g/mol. The van der Waals surface area contributed by atoms with Gasteiger partial charge in [-0.2, -0.15) is 11.8 Å². The number of amides is 1. The van der Waals surface area contributed by atoms with Gasteiger partial charge in [0.2, 0.25) is 5.91 Å². The first kappa shape index (κ1) is 18.0. The summed E-state index contributed by atoms with van der Waals surface area (Å²) >= 11 is 9.60. The molecule has 2 nitrogen and oxygen atoms in total. The van der Waals surface area contributed by atoms with Crippen LogP contribution in [0.5, 0.6) is 0 Å². The Morgan fingerprint density at radius 1 is 1.27 bits per heavy atom. The van der Waals surface area contributed by atoms with Gasteiger partial charge in [-0.05, 0) is 30.5 Å². The Morgan fingerprint density at radius 2 is 2.09 bits per heavy atom. The predicted molar refractivity (Wildman–Crippen MR) is 100.0 cm³/mol. The zero-order valence-electron chi connectivity index (χ0n) is 12.9. The van der Waals surface area contributed by atoms with E-state index in [-0.39, 0.29) is 5.91 Å². The summed E-state index contributed by atoms with van der Waals surface area (Å²) in [4.78, 5) is 11.8. The molecule has 1 saturated carbocycles.